The Morgan fingerprint density at radius 1 is 1.29 bits per heavy atom. The van der Waals surface area contributed by atoms with Gasteiger partial charge in [-0.1, -0.05) is 18.2 Å². The van der Waals surface area contributed by atoms with E-state index in [-0.39, 0.29) is 18.7 Å². The van der Waals surface area contributed by atoms with Gasteiger partial charge in [0.2, 0.25) is 5.76 Å². The monoisotopic (exact) mass is 291 g/mol. The number of amides is 1. The van der Waals surface area contributed by atoms with Gasteiger partial charge >= 0.3 is 5.97 Å². The van der Waals surface area contributed by atoms with E-state index in [4.69, 9.17) is 14.6 Å². The maximum atomic E-state index is 12.5. The predicted octanol–water partition coefficient (Wildman–Crippen LogP) is 1.69. The van der Waals surface area contributed by atoms with Gasteiger partial charge in [0.25, 0.3) is 5.91 Å². The SMILES string of the molecule is Cc1ccccc1N(CCC(=O)O)C(=O)C1=COCCO1. The van der Waals surface area contributed by atoms with E-state index in [0.29, 0.717) is 18.9 Å². The molecule has 1 aromatic carbocycles. The average molecular weight is 291 g/mol. The highest BCUT2D eigenvalue weighted by Gasteiger charge is 2.25. The van der Waals surface area contributed by atoms with Crippen molar-refractivity contribution < 1.29 is 24.2 Å². The normalized spacial score (nSPS) is 13.7. The Hall–Kier alpha value is -2.50. The van der Waals surface area contributed by atoms with Crippen LogP contribution in [0, 0.1) is 6.92 Å². The number of carboxylic acid groups (broad SMARTS) is 1. The number of aryl methyl sites for hydroxylation is 1. The van der Waals surface area contributed by atoms with Crippen molar-refractivity contribution in [3.63, 3.8) is 0 Å². The van der Waals surface area contributed by atoms with Gasteiger partial charge in [-0.3, -0.25) is 9.59 Å². The Morgan fingerprint density at radius 3 is 2.67 bits per heavy atom. The van der Waals surface area contributed by atoms with E-state index >= 15 is 0 Å². The Balaban J connectivity index is 2.27. The minimum Gasteiger partial charge on any atom is -0.494 e. The summed E-state index contributed by atoms with van der Waals surface area (Å²) < 4.78 is 10.4. The molecule has 1 N–H and O–H groups in total. The zero-order valence-corrected chi connectivity index (χ0v) is 11.7. The second-order valence-electron chi connectivity index (χ2n) is 4.59. The standard InChI is InChI=1S/C15H17NO5/c1-11-4-2-3-5-12(11)16(7-6-14(17)18)15(19)13-10-20-8-9-21-13/h2-5,10H,6-9H2,1H3,(H,17,18). The van der Waals surface area contributed by atoms with Crippen LogP contribution in [0.25, 0.3) is 0 Å². The highest BCUT2D eigenvalue weighted by molar-refractivity contribution is 6.04. The highest BCUT2D eigenvalue weighted by atomic mass is 16.6. The molecule has 21 heavy (non-hydrogen) atoms. The predicted molar refractivity (Wildman–Crippen MR) is 75.8 cm³/mol. The van der Waals surface area contributed by atoms with Gasteiger partial charge in [-0.25, -0.2) is 0 Å². The number of benzene rings is 1. The van der Waals surface area contributed by atoms with E-state index in [1.807, 2.05) is 19.1 Å². The molecule has 0 saturated carbocycles. The Morgan fingerprint density at radius 2 is 2.05 bits per heavy atom. The largest absolute Gasteiger partial charge is 0.494 e. The van der Waals surface area contributed by atoms with Gasteiger partial charge in [0.05, 0.1) is 6.42 Å². The molecule has 6 heteroatoms. The maximum Gasteiger partial charge on any atom is 0.305 e. The number of hydrogen-bond acceptors (Lipinski definition) is 4. The van der Waals surface area contributed by atoms with E-state index in [9.17, 15) is 9.59 Å². The average Bonchev–Trinajstić information content (AvgIpc) is 2.49. The fourth-order valence-corrected chi connectivity index (χ4v) is 2.02. The molecule has 0 fully saturated rings. The van der Waals surface area contributed by atoms with Crippen LogP contribution < -0.4 is 4.90 Å². The molecular weight excluding hydrogens is 274 g/mol. The molecule has 0 saturated heterocycles. The van der Waals surface area contributed by atoms with Crippen LogP contribution in [0.4, 0.5) is 5.69 Å². The van der Waals surface area contributed by atoms with Crippen LogP contribution in [0.1, 0.15) is 12.0 Å². The number of carbonyl (C=O) groups is 2. The molecular formula is C15H17NO5. The molecule has 0 atom stereocenters. The zero-order chi connectivity index (χ0) is 15.2. The minimum atomic E-state index is -0.962. The van der Waals surface area contributed by atoms with Crippen LogP contribution >= 0.6 is 0 Å². The van der Waals surface area contributed by atoms with Crippen molar-refractivity contribution in [2.24, 2.45) is 0 Å². The third-order valence-corrected chi connectivity index (χ3v) is 3.06. The Labute approximate surface area is 122 Å². The number of carbonyl (C=O) groups excluding carboxylic acids is 1. The quantitative estimate of drug-likeness (QED) is 0.893. The number of carboxylic acids is 1. The van der Waals surface area contributed by atoms with Crippen molar-refractivity contribution in [2.75, 3.05) is 24.7 Å². The first-order valence-electron chi connectivity index (χ1n) is 6.63. The fraction of sp³-hybridized carbons (Fsp3) is 0.333. The number of ether oxygens (including phenoxy) is 2. The van der Waals surface area contributed by atoms with E-state index < -0.39 is 11.9 Å². The third kappa shape index (κ3) is 3.75. The second kappa shape index (κ2) is 6.78. The molecule has 0 radical (unpaired) electrons. The zero-order valence-electron chi connectivity index (χ0n) is 11.7. The summed E-state index contributed by atoms with van der Waals surface area (Å²) in [4.78, 5) is 24.7. The van der Waals surface area contributed by atoms with Crippen LogP contribution in [0.2, 0.25) is 0 Å². The van der Waals surface area contributed by atoms with Crippen molar-refractivity contribution in [3.05, 3.63) is 41.9 Å². The second-order valence-corrected chi connectivity index (χ2v) is 4.59. The molecule has 112 valence electrons. The van der Waals surface area contributed by atoms with Gasteiger partial charge in [0.1, 0.15) is 19.5 Å². The number of hydrogen-bond donors (Lipinski definition) is 1. The van der Waals surface area contributed by atoms with Crippen molar-refractivity contribution in [1.29, 1.82) is 0 Å². The lowest BCUT2D eigenvalue weighted by atomic mass is 10.1. The van der Waals surface area contributed by atoms with Crippen molar-refractivity contribution in [3.8, 4) is 0 Å². The van der Waals surface area contributed by atoms with Crippen LogP contribution in [0.5, 0.6) is 0 Å². The highest BCUT2D eigenvalue weighted by Crippen LogP contribution is 2.22. The lowest BCUT2D eigenvalue weighted by Crippen LogP contribution is -2.36. The summed E-state index contributed by atoms with van der Waals surface area (Å²) in [6.07, 6.45) is 1.13. The molecule has 1 aromatic rings. The number of nitrogens with zero attached hydrogens (tertiary/aromatic N) is 1. The lowest BCUT2D eigenvalue weighted by molar-refractivity contribution is -0.136. The molecule has 0 aromatic heterocycles. The minimum absolute atomic E-state index is 0.0692. The topological polar surface area (TPSA) is 76.1 Å². The summed E-state index contributed by atoms with van der Waals surface area (Å²) in [5.74, 6) is -1.27. The van der Waals surface area contributed by atoms with Gasteiger partial charge < -0.3 is 19.5 Å². The first-order valence-corrected chi connectivity index (χ1v) is 6.63. The summed E-state index contributed by atoms with van der Waals surface area (Å²) >= 11 is 0. The maximum absolute atomic E-state index is 12.5. The molecule has 1 amide bonds. The molecule has 1 aliphatic rings. The Kier molecular flexibility index (Phi) is 4.81. The lowest BCUT2D eigenvalue weighted by Gasteiger charge is -2.26. The summed E-state index contributed by atoms with van der Waals surface area (Å²) in [6, 6.07) is 7.30. The number of para-hydroxylation sites is 1. The van der Waals surface area contributed by atoms with E-state index in [2.05, 4.69) is 0 Å². The van der Waals surface area contributed by atoms with Crippen molar-refractivity contribution >= 4 is 17.6 Å². The van der Waals surface area contributed by atoms with E-state index in [1.165, 1.54) is 11.2 Å². The Bertz CT molecular complexity index is 567. The van der Waals surface area contributed by atoms with E-state index in [0.717, 1.165) is 5.56 Å². The molecule has 0 aliphatic carbocycles. The number of aliphatic carboxylic acids is 1. The van der Waals surface area contributed by atoms with Crippen molar-refractivity contribution in [1.82, 2.24) is 0 Å². The van der Waals surface area contributed by atoms with Gasteiger partial charge in [0, 0.05) is 12.2 Å². The van der Waals surface area contributed by atoms with Gasteiger partial charge in [-0.15, -0.1) is 0 Å². The molecule has 0 spiro atoms. The molecule has 1 heterocycles. The first kappa shape index (κ1) is 14.9. The summed E-state index contributed by atoms with van der Waals surface area (Å²) in [5, 5.41) is 8.86. The van der Waals surface area contributed by atoms with Crippen LogP contribution in [-0.2, 0) is 19.1 Å². The molecule has 0 unspecified atom stereocenters. The van der Waals surface area contributed by atoms with Crippen LogP contribution in [0.3, 0.4) is 0 Å². The van der Waals surface area contributed by atoms with Crippen LogP contribution in [-0.4, -0.2) is 36.7 Å². The summed E-state index contributed by atoms with van der Waals surface area (Å²) in [6.45, 7) is 2.64. The van der Waals surface area contributed by atoms with Gasteiger partial charge in [-0.05, 0) is 18.6 Å². The van der Waals surface area contributed by atoms with Gasteiger partial charge in [0.15, 0.2) is 0 Å². The summed E-state index contributed by atoms with van der Waals surface area (Å²) in [5.41, 5.74) is 1.55. The summed E-state index contributed by atoms with van der Waals surface area (Å²) in [7, 11) is 0. The fourth-order valence-electron chi connectivity index (χ4n) is 2.02. The number of anilines is 1. The van der Waals surface area contributed by atoms with Crippen LogP contribution in [0.15, 0.2) is 36.3 Å². The third-order valence-electron chi connectivity index (χ3n) is 3.06. The molecule has 6 nitrogen and oxygen atoms in total. The molecule has 2 rings (SSSR count). The number of rotatable bonds is 5. The molecule has 1 aliphatic heterocycles. The van der Waals surface area contributed by atoms with Crippen molar-refractivity contribution in [2.45, 2.75) is 13.3 Å². The molecule has 0 bridgehead atoms. The van der Waals surface area contributed by atoms with E-state index in [1.54, 1.807) is 12.1 Å². The first-order chi connectivity index (χ1) is 10.1. The smallest absolute Gasteiger partial charge is 0.305 e. The van der Waals surface area contributed by atoms with Gasteiger partial charge in [-0.2, -0.15) is 0 Å².